The summed E-state index contributed by atoms with van der Waals surface area (Å²) in [6.45, 7) is 12.7. The minimum Gasteiger partial charge on any atom is -0.368 e. The van der Waals surface area contributed by atoms with E-state index in [1.54, 1.807) is 0 Å². The van der Waals surface area contributed by atoms with Gasteiger partial charge < -0.3 is 9.80 Å². The summed E-state index contributed by atoms with van der Waals surface area (Å²) in [5.74, 6) is 0. The van der Waals surface area contributed by atoms with Crippen molar-refractivity contribution in [3.63, 3.8) is 0 Å². The molecule has 0 atom stereocenters. The van der Waals surface area contributed by atoms with E-state index in [1.807, 2.05) is 7.05 Å². The molecule has 3 nitrogen and oxygen atoms in total. The van der Waals surface area contributed by atoms with Gasteiger partial charge in [0, 0.05) is 33.2 Å². The van der Waals surface area contributed by atoms with E-state index < -0.39 is 0 Å². The molecule has 96 valence electrons. The van der Waals surface area contributed by atoms with Crippen LogP contribution in [0.3, 0.4) is 0 Å². The minimum absolute atomic E-state index is 0.994. The molecule has 0 unspecified atom stereocenters. The Kier molecular flexibility index (Phi) is 5.42. The number of piperazine rings is 1. The Morgan fingerprint density at radius 1 is 1.29 bits per heavy atom. The summed E-state index contributed by atoms with van der Waals surface area (Å²) in [6, 6.07) is 0. The summed E-state index contributed by atoms with van der Waals surface area (Å²) >= 11 is 0. The smallest absolute Gasteiger partial charge is 0.0580 e. The highest BCUT2D eigenvalue weighted by Crippen LogP contribution is 2.14. The second-order valence-electron chi connectivity index (χ2n) is 4.64. The highest BCUT2D eigenvalue weighted by Gasteiger charge is 2.17. The van der Waals surface area contributed by atoms with Crippen LogP contribution in [-0.4, -0.2) is 55.8 Å². The quantitative estimate of drug-likeness (QED) is 0.549. The van der Waals surface area contributed by atoms with Crippen LogP contribution in [0.15, 0.2) is 28.9 Å². The first-order valence-corrected chi connectivity index (χ1v) is 6.35. The summed E-state index contributed by atoms with van der Waals surface area (Å²) in [5.41, 5.74) is 3.51. The van der Waals surface area contributed by atoms with Gasteiger partial charge in [0.05, 0.1) is 11.4 Å². The Morgan fingerprint density at radius 3 is 2.35 bits per heavy atom. The Labute approximate surface area is 106 Å². The van der Waals surface area contributed by atoms with E-state index in [-0.39, 0.29) is 0 Å². The number of hydrogen-bond donors (Lipinski definition) is 0. The van der Waals surface area contributed by atoms with E-state index in [4.69, 9.17) is 0 Å². The molecular formula is C14H25N3. The van der Waals surface area contributed by atoms with Crippen molar-refractivity contribution < 1.29 is 0 Å². The molecule has 1 aliphatic heterocycles. The van der Waals surface area contributed by atoms with Gasteiger partial charge in [-0.25, -0.2) is 0 Å². The lowest BCUT2D eigenvalue weighted by atomic mass is 10.1. The monoisotopic (exact) mass is 235 g/mol. The molecule has 0 spiro atoms. The van der Waals surface area contributed by atoms with Crippen LogP contribution in [-0.2, 0) is 0 Å². The standard InChI is InChI=1S/C14H25N3/c1-6-12(2)11-14(13(3)15-4)17-9-7-16(5)8-10-17/h11H,2,6-10H2,1,3-5H3/b14-11+,15-13-. The molecular weight excluding hydrogens is 210 g/mol. The number of likely N-dealkylation sites (N-methyl/N-ethyl adjacent to an activating group) is 1. The molecule has 0 N–H and O–H groups in total. The molecule has 0 radical (unpaired) electrons. The van der Waals surface area contributed by atoms with Gasteiger partial charge in [-0.3, -0.25) is 4.99 Å². The fourth-order valence-corrected chi connectivity index (χ4v) is 1.88. The van der Waals surface area contributed by atoms with Crippen molar-refractivity contribution in [2.45, 2.75) is 20.3 Å². The Bertz CT molecular complexity index is 320. The number of allylic oxidation sites excluding steroid dienone is 3. The first-order chi connectivity index (χ1) is 8.08. The number of aliphatic imine (C=N–C) groups is 1. The Morgan fingerprint density at radius 2 is 1.88 bits per heavy atom. The molecule has 17 heavy (non-hydrogen) atoms. The normalized spacial score (nSPS) is 19.6. The summed E-state index contributed by atoms with van der Waals surface area (Å²) < 4.78 is 0. The molecule has 1 fully saturated rings. The molecule has 1 aliphatic rings. The van der Waals surface area contributed by atoms with Crippen LogP contribution in [0.4, 0.5) is 0 Å². The molecule has 0 aromatic rings. The fourth-order valence-electron chi connectivity index (χ4n) is 1.88. The predicted octanol–water partition coefficient (Wildman–Crippen LogP) is 2.17. The third kappa shape index (κ3) is 4.00. The Hall–Kier alpha value is -1.09. The van der Waals surface area contributed by atoms with Crippen molar-refractivity contribution in [1.82, 2.24) is 9.80 Å². The van der Waals surface area contributed by atoms with Crippen LogP contribution in [0.1, 0.15) is 20.3 Å². The van der Waals surface area contributed by atoms with E-state index in [9.17, 15) is 0 Å². The maximum atomic E-state index is 4.32. The molecule has 0 bridgehead atoms. The van der Waals surface area contributed by atoms with Crippen LogP contribution < -0.4 is 0 Å². The van der Waals surface area contributed by atoms with Gasteiger partial charge in [0.25, 0.3) is 0 Å². The highest BCUT2D eigenvalue weighted by molar-refractivity contribution is 5.98. The van der Waals surface area contributed by atoms with Crippen LogP contribution in [0.25, 0.3) is 0 Å². The van der Waals surface area contributed by atoms with Crippen molar-refractivity contribution in [3.8, 4) is 0 Å². The van der Waals surface area contributed by atoms with Crippen LogP contribution in [0, 0.1) is 0 Å². The van der Waals surface area contributed by atoms with E-state index in [0.29, 0.717) is 0 Å². The molecule has 0 amide bonds. The largest absolute Gasteiger partial charge is 0.368 e. The zero-order valence-corrected chi connectivity index (χ0v) is 11.7. The van der Waals surface area contributed by atoms with E-state index in [0.717, 1.165) is 38.3 Å². The summed E-state index contributed by atoms with van der Waals surface area (Å²) in [4.78, 5) is 9.10. The van der Waals surface area contributed by atoms with E-state index >= 15 is 0 Å². The predicted molar refractivity (Wildman–Crippen MR) is 75.6 cm³/mol. The minimum atomic E-state index is 0.994. The highest BCUT2D eigenvalue weighted by atomic mass is 15.3. The molecule has 1 rings (SSSR count). The van der Waals surface area contributed by atoms with Crippen LogP contribution in [0.2, 0.25) is 0 Å². The Balaban J connectivity index is 2.84. The van der Waals surface area contributed by atoms with Crippen molar-refractivity contribution >= 4 is 5.71 Å². The fraction of sp³-hybridized carbons (Fsp3) is 0.643. The lowest BCUT2D eigenvalue weighted by Crippen LogP contribution is -2.45. The average Bonchev–Trinajstić information content (AvgIpc) is 2.36. The second kappa shape index (κ2) is 6.60. The zero-order valence-electron chi connectivity index (χ0n) is 11.7. The lowest BCUT2D eigenvalue weighted by Gasteiger charge is -2.35. The third-order valence-corrected chi connectivity index (χ3v) is 3.35. The average molecular weight is 235 g/mol. The summed E-state index contributed by atoms with van der Waals surface area (Å²) in [6.07, 6.45) is 3.18. The van der Waals surface area contributed by atoms with Gasteiger partial charge in [0.15, 0.2) is 0 Å². The maximum Gasteiger partial charge on any atom is 0.0580 e. The van der Waals surface area contributed by atoms with E-state index in [2.05, 4.69) is 48.3 Å². The van der Waals surface area contributed by atoms with Gasteiger partial charge in [0.2, 0.25) is 0 Å². The first kappa shape index (κ1) is 14.0. The molecule has 1 saturated heterocycles. The van der Waals surface area contributed by atoms with Gasteiger partial charge >= 0.3 is 0 Å². The van der Waals surface area contributed by atoms with E-state index in [1.165, 1.54) is 11.3 Å². The van der Waals surface area contributed by atoms with Gasteiger partial charge in [-0.15, -0.1) is 0 Å². The molecule has 0 saturated carbocycles. The molecule has 0 aromatic carbocycles. The topological polar surface area (TPSA) is 18.8 Å². The van der Waals surface area contributed by atoms with Crippen molar-refractivity contribution in [2.24, 2.45) is 4.99 Å². The molecule has 3 heteroatoms. The zero-order chi connectivity index (χ0) is 12.8. The summed E-state index contributed by atoms with van der Waals surface area (Å²) in [5, 5.41) is 0. The van der Waals surface area contributed by atoms with Crippen molar-refractivity contribution in [3.05, 3.63) is 23.9 Å². The first-order valence-electron chi connectivity index (χ1n) is 6.35. The molecule has 0 aliphatic carbocycles. The lowest BCUT2D eigenvalue weighted by molar-refractivity contribution is 0.192. The number of nitrogens with zero attached hydrogens (tertiary/aromatic N) is 3. The van der Waals surface area contributed by atoms with Crippen LogP contribution >= 0.6 is 0 Å². The van der Waals surface area contributed by atoms with Gasteiger partial charge in [-0.1, -0.05) is 19.1 Å². The van der Waals surface area contributed by atoms with Gasteiger partial charge in [0.1, 0.15) is 0 Å². The van der Waals surface area contributed by atoms with Crippen molar-refractivity contribution in [2.75, 3.05) is 40.3 Å². The number of hydrogen-bond acceptors (Lipinski definition) is 3. The summed E-state index contributed by atoms with van der Waals surface area (Å²) in [7, 11) is 4.03. The van der Waals surface area contributed by atoms with Crippen LogP contribution in [0.5, 0.6) is 0 Å². The maximum absolute atomic E-state index is 4.32. The van der Waals surface area contributed by atoms with Gasteiger partial charge in [-0.2, -0.15) is 0 Å². The third-order valence-electron chi connectivity index (χ3n) is 3.35. The number of rotatable bonds is 4. The SMILES string of the molecule is C=C(/C=C(\C(C)=N/C)N1CCN(C)CC1)CC. The second-order valence-corrected chi connectivity index (χ2v) is 4.64. The van der Waals surface area contributed by atoms with Crippen molar-refractivity contribution in [1.29, 1.82) is 0 Å². The molecule has 1 heterocycles. The van der Waals surface area contributed by atoms with Gasteiger partial charge in [-0.05, 0) is 26.5 Å². The molecule has 0 aromatic heterocycles.